The van der Waals surface area contributed by atoms with Gasteiger partial charge in [0.15, 0.2) is 0 Å². The van der Waals surface area contributed by atoms with Gasteiger partial charge >= 0.3 is 0 Å². The van der Waals surface area contributed by atoms with Gasteiger partial charge in [0.2, 0.25) is 0 Å². The van der Waals surface area contributed by atoms with Crippen molar-refractivity contribution in [2.24, 2.45) is 0 Å². The summed E-state index contributed by atoms with van der Waals surface area (Å²) in [6, 6.07) is 0. The molecule has 0 aliphatic rings. The molecule has 6 heavy (non-hydrogen) atoms. The maximum Gasteiger partial charge on any atom is 0 e. The van der Waals surface area contributed by atoms with E-state index >= 15 is 0 Å². The Morgan fingerprint density at radius 2 is 1.17 bits per heavy atom. The Morgan fingerprint density at radius 1 is 1.17 bits per heavy atom. The van der Waals surface area contributed by atoms with Gasteiger partial charge in [-0.2, -0.15) is 0 Å². The Bertz CT molecular complexity index is 23.0. The first-order valence-electron chi connectivity index (χ1n) is 1.70. The fourth-order valence-corrected chi connectivity index (χ4v) is 0. The molecule has 1 nitrogen and oxygen atoms in total. The van der Waals surface area contributed by atoms with Gasteiger partial charge in [0.25, 0.3) is 0 Å². The van der Waals surface area contributed by atoms with E-state index in [9.17, 15) is 5.11 Å². The van der Waals surface area contributed by atoms with Crippen LogP contribution in [0.25, 0.3) is 0 Å². The Morgan fingerprint density at radius 3 is 1.17 bits per heavy atom. The second-order valence-corrected chi connectivity index (χ2v) is 2.11. The van der Waals surface area contributed by atoms with Crippen LogP contribution in [-0.4, -0.2) is 5.60 Å². The van der Waals surface area contributed by atoms with Crippen molar-refractivity contribution in [2.75, 3.05) is 0 Å². The summed E-state index contributed by atoms with van der Waals surface area (Å²) < 4.78 is 0. The Kier molecular flexibility index (Phi) is 4.56. The molecule has 0 aromatic carbocycles. The fourth-order valence-electron chi connectivity index (χ4n) is 0. The second-order valence-electron chi connectivity index (χ2n) is 2.11. The maximum atomic E-state index is 10.1. The quantitative estimate of drug-likeness (QED) is 0.418. The molecule has 0 atom stereocenters. The van der Waals surface area contributed by atoms with Crippen LogP contribution in [-0.2, 0) is 21.7 Å². The monoisotopic (exact) mass is 121 g/mol. The average Bonchev–Trinajstić information content (AvgIpc) is 0.722. The normalized spacial score (nSPS) is 10.0. The molecule has 0 unspecified atom stereocenters. The smallest absolute Gasteiger partial charge is 0 e. The van der Waals surface area contributed by atoms with Crippen molar-refractivity contribution in [3.63, 3.8) is 0 Å². The summed E-state index contributed by atoms with van der Waals surface area (Å²) in [5.41, 5.74) is -0.750. The minimum atomic E-state index is -0.750. The van der Waals surface area contributed by atoms with Crippen LogP contribution in [0.5, 0.6) is 0 Å². The van der Waals surface area contributed by atoms with E-state index in [0.29, 0.717) is 0 Å². The Balaban J connectivity index is 0. The van der Waals surface area contributed by atoms with Crippen molar-refractivity contribution in [2.45, 2.75) is 26.4 Å². The SMILES string of the molecule is CC(C)(C)[O-].[Ti]. The minimum Gasteiger partial charge on any atom is -0.850 e. The molecule has 2 heteroatoms. The maximum absolute atomic E-state index is 10.1. The number of hydrogen-bond donors (Lipinski definition) is 0. The summed E-state index contributed by atoms with van der Waals surface area (Å²) >= 11 is 0. The Hall–Kier alpha value is 0.674. The standard InChI is InChI=1S/C4H9O.Ti/c1-4(2,3)5;/h1-3H3;/q-1;. The molecule has 0 rings (SSSR count). The van der Waals surface area contributed by atoms with Gasteiger partial charge in [-0.15, -0.1) is 5.60 Å². The van der Waals surface area contributed by atoms with E-state index in [-0.39, 0.29) is 21.7 Å². The molecule has 36 valence electrons. The third-order valence-electron chi connectivity index (χ3n) is 0. The summed E-state index contributed by atoms with van der Waals surface area (Å²) in [6.45, 7) is 4.90. The molecular formula is C4H9OTi-. The van der Waals surface area contributed by atoms with Crippen LogP contribution in [0.3, 0.4) is 0 Å². The fraction of sp³-hybridized carbons (Fsp3) is 1.00. The Labute approximate surface area is 53.6 Å². The third-order valence-corrected chi connectivity index (χ3v) is 0. The van der Waals surface area contributed by atoms with Gasteiger partial charge in [-0.25, -0.2) is 0 Å². The van der Waals surface area contributed by atoms with Crippen LogP contribution in [0, 0.1) is 0 Å². The van der Waals surface area contributed by atoms with Crippen molar-refractivity contribution in [1.82, 2.24) is 0 Å². The predicted octanol–water partition coefficient (Wildman–Crippen LogP) is 0.143. The molecule has 0 aliphatic heterocycles. The van der Waals surface area contributed by atoms with Gasteiger partial charge in [-0.3, -0.25) is 0 Å². The summed E-state index contributed by atoms with van der Waals surface area (Å²) in [4.78, 5) is 0. The topological polar surface area (TPSA) is 23.1 Å². The van der Waals surface area contributed by atoms with Crippen molar-refractivity contribution >= 4 is 0 Å². The van der Waals surface area contributed by atoms with Crippen molar-refractivity contribution < 1.29 is 26.8 Å². The van der Waals surface area contributed by atoms with Crippen LogP contribution in [0.15, 0.2) is 0 Å². The van der Waals surface area contributed by atoms with Gasteiger partial charge in [0.05, 0.1) is 0 Å². The third kappa shape index (κ3) is 139. The van der Waals surface area contributed by atoms with E-state index in [1.54, 1.807) is 20.8 Å². The summed E-state index contributed by atoms with van der Waals surface area (Å²) in [7, 11) is 0. The van der Waals surface area contributed by atoms with E-state index in [4.69, 9.17) is 0 Å². The molecule has 0 aromatic rings. The van der Waals surface area contributed by atoms with Crippen LogP contribution < -0.4 is 5.11 Å². The van der Waals surface area contributed by atoms with Crippen molar-refractivity contribution in [3.05, 3.63) is 0 Å². The molecular weight excluding hydrogens is 112 g/mol. The van der Waals surface area contributed by atoms with Gasteiger partial charge in [-0.1, -0.05) is 20.8 Å². The zero-order chi connectivity index (χ0) is 4.50. The van der Waals surface area contributed by atoms with Gasteiger partial charge in [0, 0.05) is 21.7 Å². The first-order valence-corrected chi connectivity index (χ1v) is 1.70. The molecule has 0 saturated heterocycles. The molecule has 0 fully saturated rings. The minimum absolute atomic E-state index is 0. The molecule has 0 saturated carbocycles. The molecule has 0 N–H and O–H groups in total. The van der Waals surface area contributed by atoms with Crippen LogP contribution in [0.1, 0.15) is 20.8 Å². The first kappa shape index (κ1) is 9.84. The number of rotatable bonds is 0. The molecule has 0 bridgehead atoms. The van der Waals surface area contributed by atoms with E-state index in [1.165, 1.54) is 0 Å². The summed E-state index contributed by atoms with van der Waals surface area (Å²) in [6.07, 6.45) is 0. The van der Waals surface area contributed by atoms with Crippen molar-refractivity contribution in [3.8, 4) is 0 Å². The van der Waals surface area contributed by atoms with E-state index in [0.717, 1.165) is 0 Å². The van der Waals surface area contributed by atoms with Crippen LogP contribution in [0.2, 0.25) is 0 Å². The van der Waals surface area contributed by atoms with E-state index < -0.39 is 5.60 Å². The molecule has 0 amide bonds. The summed E-state index contributed by atoms with van der Waals surface area (Å²) in [5, 5.41) is 10.1. The summed E-state index contributed by atoms with van der Waals surface area (Å²) in [5.74, 6) is 0. The molecule has 0 aliphatic carbocycles. The number of hydrogen-bond acceptors (Lipinski definition) is 1. The van der Waals surface area contributed by atoms with E-state index in [2.05, 4.69) is 0 Å². The zero-order valence-electron chi connectivity index (χ0n) is 4.41. The molecule has 0 heterocycles. The predicted molar refractivity (Wildman–Crippen MR) is 19.8 cm³/mol. The molecule has 0 aromatic heterocycles. The van der Waals surface area contributed by atoms with Gasteiger partial charge in [0.1, 0.15) is 0 Å². The van der Waals surface area contributed by atoms with Crippen molar-refractivity contribution in [1.29, 1.82) is 0 Å². The second kappa shape index (κ2) is 2.78. The molecule has 0 spiro atoms. The van der Waals surface area contributed by atoms with Crippen LogP contribution >= 0.6 is 0 Å². The van der Waals surface area contributed by atoms with Crippen LogP contribution in [0.4, 0.5) is 0 Å². The molecule has 0 radical (unpaired) electrons. The van der Waals surface area contributed by atoms with Gasteiger partial charge < -0.3 is 5.11 Å². The average molecular weight is 121 g/mol. The van der Waals surface area contributed by atoms with Gasteiger partial charge in [-0.05, 0) is 0 Å². The zero-order valence-corrected chi connectivity index (χ0v) is 5.97. The largest absolute Gasteiger partial charge is 0.850 e. The van der Waals surface area contributed by atoms with E-state index in [1.807, 2.05) is 0 Å². The first-order chi connectivity index (χ1) is 2.00.